The molecule has 0 spiro atoms. The van der Waals surface area contributed by atoms with Crippen LogP contribution in [0.25, 0.3) is 0 Å². The molecule has 0 saturated carbocycles. The fourth-order valence-electron chi connectivity index (χ4n) is 3.76. The lowest BCUT2D eigenvalue weighted by Crippen LogP contribution is -2.46. The van der Waals surface area contributed by atoms with Gasteiger partial charge in [0.1, 0.15) is 0 Å². The van der Waals surface area contributed by atoms with Crippen molar-refractivity contribution in [1.29, 1.82) is 0 Å². The van der Waals surface area contributed by atoms with E-state index in [1.54, 1.807) is 0 Å². The first kappa shape index (κ1) is 26.9. The Balaban J connectivity index is 0.00000420. The van der Waals surface area contributed by atoms with Gasteiger partial charge in [0.25, 0.3) is 0 Å². The van der Waals surface area contributed by atoms with Crippen molar-refractivity contribution in [3.8, 4) is 0 Å². The normalized spacial score (nSPS) is 19.7. The van der Waals surface area contributed by atoms with E-state index in [0.29, 0.717) is 5.92 Å². The molecule has 0 unspecified atom stereocenters. The molecule has 0 aromatic carbocycles. The average molecular weight is 526 g/mol. The maximum atomic E-state index is 5.81. The molecule has 2 aliphatic heterocycles. The van der Waals surface area contributed by atoms with Crippen LogP contribution in [0.4, 0.5) is 0 Å². The van der Waals surface area contributed by atoms with Crippen LogP contribution in [0, 0.1) is 5.92 Å². The van der Waals surface area contributed by atoms with Gasteiger partial charge in [-0.1, -0.05) is 6.92 Å². The molecule has 2 fully saturated rings. The highest BCUT2D eigenvalue weighted by molar-refractivity contribution is 14.0. The number of unbranched alkanes of at least 4 members (excludes halogenated alkanes) is 1. The van der Waals surface area contributed by atoms with Crippen LogP contribution >= 0.6 is 24.0 Å². The summed E-state index contributed by atoms with van der Waals surface area (Å²) in [5.74, 6) is 1.59. The van der Waals surface area contributed by atoms with Gasteiger partial charge in [-0.25, -0.2) is 0 Å². The van der Waals surface area contributed by atoms with Crippen LogP contribution in [0.2, 0.25) is 0 Å². The monoisotopic (exact) mass is 525 g/mol. The first-order chi connectivity index (χ1) is 13.8. The van der Waals surface area contributed by atoms with E-state index in [4.69, 9.17) is 9.47 Å². The molecular weight excluding hydrogens is 481 g/mol. The molecule has 0 radical (unpaired) electrons. The van der Waals surface area contributed by atoms with Gasteiger partial charge in [-0.3, -0.25) is 4.99 Å². The van der Waals surface area contributed by atoms with Crippen molar-refractivity contribution >= 4 is 29.9 Å². The molecule has 8 heteroatoms. The third-order valence-electron chi connectivity index (χ3n) is 5.78. The first-order valence-electron chi connectivity index (χ1n) is 11.4. The molecule has 0 amide bonds. The SMILES string of the molecule is CCN1CCN(CCCCNC(=NC)NCCCOCC2CCOCC2)CC1.I. The Hall–Kier alpha value is -0.160. The number of hydrogen-bond donors (Lipinski definition) is 2. The molecule has 172 valence electrons. The summed E-state index contributed by atoms with van der Waals surface area (Å²) in [6.07, 6.45) is 5.72. The van der Waals surface area contributed by atoms with Crippen molar-refractivity contribution in [2.75, 3.05) is 85.8 Å². The van der Waals surface area contributed by atoms with E-state index in [0.717, 1.165) is 64.7 Å². The van der Waals surface area contributed by atoms with E-state index in [1.165, 1.54) is 52.1 Å². The Bertz CT molecular complexity index is 414. The number of aliphatic imine (C=N–C) groups is 1. The largest absolute Gasteiger partial charge is 0.381 e. The number of halogens is 1. The molecule has 2 saturated heterocycles. The molecule has 2 rings (SSSR count). The van der Waals surface area contributed by atoms with Gasteiger partial charge in [-0.15, -0.1) is 24.0 Å². The summed E-state index contributed by atoms with van der Waals surface area (Å²) in [5, 5.41) is 6.81. The van der Waals surface area contributed by atoms with Gasteiger partial charge in [0.15, 0.2) is 5.96 Å². The molecule has 0 aromatic rings. The van der Waals surface area contributed by atoms with Crippen molar-refractivity contribution in [2.45, 2.75) is 39.0 Å². The maximum Gasteiger partial charge on any atom is 0.190 e. The minimum absolute atomic E-state index is 0. The summed E-state index contributed by atoms with van der Waals surface area (Å²) in [6, 6.07) is 0. The highest BCUT2D eigenvalue weighted by Gasteiger charge is 2.15. The third kappa shape index (κ3) is 12.3. The lowest BCUT2D eigenvalue weighted by molar-refractivity contribution is 0.0203. The molecule has 0 aromatic heterocycles. The highest BCUT2D eigenvalue weighted by Crippen LogP contribution is 2.14. The average Bonchev–Trinajstić information content (AvgIpc) is 2.75. The van der Waals surface area contributed by atoms with Gasteiger partial charge < -0.3 is 29.9 Å². The van der Waals surface area contributed by atoms with E-state index < -0.39 is 0 Å². The fourth-order valence-corrected chi connectivity index (χ4v) is 3.76. The Morgan fingerprint density at radius 1 is 1.00 bits per heavy atom. The summed E-state index contributed by atoms with van der Waals surface area (Å²) in [7, 11) is 1.84. The molecule has 7 nitrogen and oxygen atoms in total. The maximum absolute atomic E-state index is 5.81. The Morgan fingerprint density at radius 2 is 1.66 bits per heavy atom. The molecule has 29 heavy (non-hydrogen) atoms. The molecular formula is C21H44IN5O2. The molecule has 2 N–H and O–H groups in total. The second-order valence-corrected chi connectivity index (χ2v) is 7.89. The molecule has 0 aliphatic carbocycles. The number of likely N-dealkylation sites (N-methyl/N-ethyl adjacent to an activating group) is 1. The lowest BCUT2D eigenvalue weighted by atomic mass is 10.0. The second kappa shape index (κ2) is 17.5. The van der Waals surface area contributed by atoms with Crippen molar-refractivity contribution in [3.05, 3.63) is 0 Å². The van der Waals surface area contributed by atoms with E-state index in [1.807, 2.05) is 7.05 Å². The van der Waals surface area contributed by atoms with Crippen molar-refractivity contribution in [1.82, 2.24) is 20.4 Å². The van der Waals surface area contributed by atoms with Crippen LogP contribution in [-0.2, 0) is 9.47 Å². The minimum atomic E-state index is 0. The van der Waals surface area contributed by atoms with Crippen LogP contribution in [0.1, 0.15) is 39.0 Å². The number of ether oxygens (including phenoxy) is 2. The van der Waals surface area contributed by atoms with E-state index in [-0.39, 0.29) is 24.0 Å². The van der Waals surface area contributed by atoms with Crippen molar-refractivity contribution in [3.63, 3.8) is 0 Å². The zero-order valence-corrected chi connectivity index (χ0v) is 21.0. The Kier molecular flexibility index (Phi) is 16.2. The zero-order chi connectivity index (χ0) is 19.9. The van der Waals surface area contributed by atoms with E-state index in [2.05, 4.69) is 32.3 Å². The van der Waals surface area contributed by atoms with E-state index in [9.17, 15) is 0 Å². The second-order valence-electron chi connectivity index (χ2n) is 7.89. The van der Waals surface area contributed by atoms with Crippen LogP contribution < -0.4 is 10.6 Å². The van der Waals surface area contributed by atoms with Gasteiger partial charge in [0.2, 0.25) is 0 Å². The molecule has 2 heterocycles. The lowest BCUT2D eigenvalue weighted by Gasteiger charge is -2.34. The molecule has 0 atom stereocenters. The predicted octanol–water partition coefficient (Wildman–Crippen LogP) is 2.02. The first-order valence-corrected chi connectivity index (χ1v) is 11.4. The van der Waals surface area contributed by atoms with Gasteiger partial charge in [0.05, 0.1) is 0 Å². The number of guanidine groups is 1. The standard InChI is InChI=1S/C21H43N5O2.HI/c1-3-25-12-14-26(15-13-25)11-5-4-9-23-21(22-2)24-10-6-16-28-19-20-7-17-27-18-8-20;/h20H,3-19H2,1-2H3,(H2,22,23,24);1H. The number of nitrogens with zero attached hydrogens (tertiary/aromatic N) is 3. The number of hydrogen-bond acceptors (Lipinski definition) is 5. The Morgan fingerprint density at radius 3 is 2.31 bits per heavy atom. The van der Waals surface area contributed by atoms with Gasteiger partial charge in [-0.05, 0) is 51.1 Å². The minimum Gasteiger partial charge on any atom is -0.381 e. The van der Waals surface area contributed by atoms with Crippen molar-refractivity contribution in [2.24, 2.45) is 10.9 Å². The number of piperazine rings is 1. The Labute approximate surface area is 195 Å². The number of nitrogens with one attached hydrogen (secondary N) is 2. The van der Waals surface area contributed by atoms with Gasteiger partial charge in [0, 0.05) is 72.7 Å². The van der Waals surface area contributed by atoms with Gasteiger partial charge in [-0.2, -0.15) is 0 Å². The third-order valence-corrected chi connectivity index (χ3v) is 5.78. The summed E-state index contributed by atoms with van der Waals surface area (Å²) >= 11 is 0. The predicted molar refractivity (Wildman–Crippen MR) is 132 cm³/mol. The fraction of sp³-hybridized carbons (Fsp3) is 0.952. The van der Waals surface area contributed by atoms with Crippen molar-refractivity contribution < 1.29 is 9.47 Å². The molecule has 2 aliphatic rings. The smallest absolute Gasteiger partial charge is 0.190 e. The highest BCUT2D eigenvalue weighted by atomic mass is 127. The quantitative estimate of drug-likeness (QED) is 0.176. The van der Waals surface area contributed by atoms with Crippen LogP contribution in [0.15, 0.2) is 4.99 Å². The zero-order valence-electron chi connectivity index (χ0n) is 18.7. The summed E-state index contributed by atoms with van der Waals surface area (Å²) in [4.78, 5) is 9.44. The summed E-state index contributed by atoms with van der Waals surface area (Å²) < 4.78 is 11.2. The summed E-state index contributed by atoms with van der Waals surface area (Å²) in [5.41, 5.74) is 0. The van der Waals surface area contributed by atoms with Crippen LogP contribution in [0.5, 0.6) is 0 Å². The topological polar surface area (TPSA) is 61.4 Å². The number of rotatable bonds is 12. The molecule has 0 bridgehead atoms. The van der Waals surface area contributed by atoms with Crippen LogP contribution in [0.3, 0.4) is 0 Å². The summed E-state index contributed by atoms with van der Waals surface area (Å²) in [6.45, 7) is 14.9. The van der Waals surface area contributed by atoms with Crippen LogP contribution in [-0.4, -0.2) is 102 Å². The van der Waals surface area contributed by atoms with E-state index >= 15 is 0 Å². The van der Waals surface area contributed by atoms with Gasteiger partial charge >= 0.3 is 0 Å².